The monoisotopic (exact) mass is 410 g/mol. The van der Waals surface area contributed by atoms with Gasteiger partial charge in [-0.25, -0.2) is 0 Å². The molecule has 0 rings (SSSR count). The van der Waals surface area contributed by atoms with Crippen molar-refractivity contribution in [2.75, 3.05) is 0 Å². The molecule has 0 aromatic carbocycles. The van der Waals surface area contributed by atoms with Crippen molar-refractivity contribution in [3.05, 3.63) is 0 Å². The van der Waals surface area contributed by atoms with Gasteiger partial charge in [0.25, 0.3) is 0 Å². The minimum absolute atomic E-state index is 0.230. The summed E-state index contributed by atoms with van der Waals surface area (Å²) < 4.78 is 0. The first-order valence-electron chi connectivity index (χ1n) is 1.76. The Hall–Kier alpha value is 2.76. The van der Waals surface area contributed by atoms with Gasteiger partial charge in [-0.3, -0.25) is 0 Å². The van der Waals surface area contributed by atoms with Gasteiger partial charge in [0.05, 0.1) is 0 Å². The Kier molecular flexibility index (Phi) is 13.1. The van der Waals surface area contributed by atoms with E-state index < -0.39 is 13.9 Å². The number of rotatable bonds is 0. The van der Waals surface area contributed by atoms with E-state index in [1.54, 1.807) is 0 Å². The van der Waals surface area contributed by atoms with Crippen molar-refractivity contribution in [1.29, 1.82) is 0 Å². The summed E-state index contributed by atoms with van der Waals surface area (Å²) in [5, 5.41) is 0. The maximum absolute atomic E-state index is 5.04. The van der Waals surface area contributed by atoms with Crippen LogP contribution in [0.1, 0.15) is 0 Å². The summed E-state index contributed by atoms with van der Waals surface area (Å²) in [5.74, 6) is 0. The zero-order chi connectivity index (χ0) is 7.21. The van der Waals surface area contributed by atoms with E-state index in [9.17, 15) is 0 Å². The fourth-order valence-electron chi connectivity index (χ4n) is 0. The molecule has 2 radical (unpaired) electrons. The molecule has 0 aliphatic heterocycles. The van der Waals surface area contributed by atoms with Gasteiger partial charge >= 0.3 is 80.6 Å². The Morgan fingerprint density at radius 2 is 1.00 bits per heavy atom. The van der Waals surface area contributed by atoms with Crippen LogP contribution >= 0.6 is 35.7 Å². The van der Waals surface area contributed by atoms with E-state index in [0.717, 1.165) is 0 Å². The van der Waals surface area contributed by atoms with E-state index in [1.165, 1.54) is 0 Å². The predicted octanol–water partition coefficient (Wildman–Crippen LogP) is 3.16. The first kappa shape index (κ1) is 13.4. The van der Waals surface area contributed by atoms with Gasteiger partial charge in [0, 0.05) is 0 Å². The molecule has 0 fully saturated rings. The quantitative estimate of drug-likeness (QED) is 0.540. The number of hydrogen-bond donors (Lipinski definition) is 0. The van der Waals surface area contributed by atoms with E-state index in [2.05, 4.69) is 9.88 Å². The average molecular weight is 409 g/mol. The summed E-state index contributed by atoms with van der Waals surface area (Å²) in [6.45, 7) is 0. The molecule has 0 aliphatic rings. The van der Waals surface area contributed by atoms with Crippen molar-refractivity contribution in [1.82, 2.24) is 0 Å². The third-order valence-electron chi connectivity index (χ3n) is 0. The second kappa shape index (κ2) is 7.86. The van der Waals surface area contributed by atoms with Crippen molar-refractivity contribution < 1.29 is 0 Å². The van der Waals surface area contributed by atoms with E-state index in [1.807, 2.05) is 0 Å². The second-order valence-corrected chi connectivity index (χ2v) is 29.2. The summed E-state index contributed by atoms with van der Waals surface area (Å²) >= 11 is -3.06. The third kappa shape index (κ3) is 69.3. The fourth-order valence-corrected chi connectivity index (χ4v) is 0. The molecule has 0 aromatic heterocycles. The van der Waals surface area contributed by atoms with Gasteiger partial charge in [-0.1, -0.05) is 0 Å². The molecule has 0 bridgehead atoms. The normalized spacial score (nSPS) is 9.75. The van der Waals surface area contributed by atoms with Crippen molar-refractivity contribution in [3.63, 3.8) is 0 Å². The molecule has 0 spiro atoms. The molecule has 6 heteroatoms. The van der Waals surface area contributed by atoms with E-state index in [0.29, 0.717) is 0 Å². The zero-order valence-electron chi connectivity index (χ0n) is 4.51. The van der Waals surface area contributed by atoms with Crippen LogP contribution in [0.25, 0.3) is 0 Å². The van der Waals surface area contributed by atoms with Crippen LogP contribution in [0.5, 0.6) is 0 Å². The molecule has 0 atom stereocenters. The SMILES string of the molecule is [CH3][Sn][CH3].[Cl][Sn]([Cl])([Cl])[Cl]. The zero-order valence-corrected chi connectivity index (χ0v) is 13.2. The first-order chi connectivity index (χ1) is 3.41. The molecule has 0 unspecified atom stereocenters. The van der Waals surface area contributed by atoms with Crippen LogP contribution in [0, 0.1) is 0 Å². The average Bonchev–Trinajstić information content (AvgIpc) is 1.27. The molecular weight excluding hydrogens is 403 g/mol. The summed E-state index contributed by atoms with van der Waals surface area (Å²) in [5.41, 5.74) is 0. The van der Waals surface area contributed by atoms with Crippen LogP contribution in [0.15, 0.2) is 0 Å². The summed E-state index contributed by atoms with van der Waals surface area (Å²) in [6.07, 6.45) is 0. The van der Waals surface area contributed by atoms with Gasteiger partial charge in [-0.15, -0.1) is 0 Å². The summed E-state index contributed by atoms with van der Waals surface area (Å²) in [4.78, 5) is 4.59. The van der Waals surface area contributed by atoms with Gasteiger partial charge in [0.2, 0.25) is 0 Å². The van der Waals surface area contributed by atoms with Gasteiger partial charge < -0.3 is 0 Å². The molecular formula is C2H6Cl4Sn2. The Balaban J connectivity index is 0. The molecule has 0 aliphatic carbocycles. The van der Waals surface area contributed by atoms with Crippen LogP contribution in [0.3, 0.4) is 0 Å². The van der Waals surface area contributed by atoms with Gasteiger partial charge in [-0.2, -0.15) is 0 Å². The maximum atomic E-state index is 5.04. The van der Waals surface area contributed by atoms with Crippen molar-refractivity contribution >= 4 is 70.7 Å². The Bertz CT molecular complexity index is 35.8. The van der Waals surface area contributed by atoms with Crippen LogP contribution < -0.4 is 0 Å². The third-order valence-corrected chi connectivity index (χ3v) is 0. The Morgan fingerprint density at radius 1 is 1.00 bits per heavy atom. The number of halogens is 4. The standard InChI is InChI=1S/2CH3.4ClH.2Sn/h2*1H3;4*1H;;/q;;;;;;;+4/p-4. The molecule has 0 nitrogen and oxygen atoms in total. The van der Waals surface area contributed by atoms with Crippen LogP contribution in [-0.2, 0) is 0 Å². The topological polar surface area (TPSA) is 0 Å². The Labute approximate surface area is 79.2 Å². The molecule has 0 amide bonds. The Morgan fingerprint density at radius 3 is 1.00 bits per heavy atom. The molecule has 0 heterocycles. The van der Waals surface area contributed by atoms with Gasteiger partial charge in [0.1, 0.15) is 0 Å². The molecule has 0 N–H and O–H groups in total. The summed E-state index contributed by atoms with van der Waals surface area (Å²) in [7, 11) is 20.1. The number of hydrogen-bond acceptors (Lipinski definition) is 0. The molecule has 50 valence electrons. The van der Waals surface area contributed by atoms with Gasteiger partial charge in [0.15, 0.2) is 0 Å². The minimum atomic E-state index is -3.29. The molecule has 0 saturated heterocycles. The summed E-state index contributed by atoms with van der Waals surface area (Å²) in [6, 6.07) is 0. The van der Waals surface area contributed by atoms with Crippen molar-refractivity contribution in [3.8, 4) is 0 Å². The predicted molar refractivity (Wildman–Crippen MR) is 46.6 cm³/mol. The van der Waals surface area contributed by atoms with Gasteiger partial charge in [-0.05, 0) is 0 Å². The van der Waals surface area contributed by atoms with E-state index >= 15 is 0 Å². The van der Waals surface area contributed by atoms with Crippen molar-refractivity contribution in [2.45, 2.75) is 9.88 Å². The fraction of sp³-hybridized carbons (Fsp3) is 1.00. The van der Waals surface area contributed by atoms with Crippen LogP contribution in [0.4, 0.5) is 0 Å². The first-order valence-corrected chi connectivity index (χ1v) is 21.9. The van der Waals surface area contributed by atoms with E-state index in [4.69, 9.17) is 35.7 Å². The molecule has 0 aromatic rings. The van der Waals surface area contributed by atoms with Crippen LogP contribution in [-0.4, -0.2) is 35.0 Å². The second-order valence-electron chi connectivity index (χ2n) is 0.929. The molecule has 0 saturated carbocycles. The van der Waals surface area contributed by atoms with Crippen LogP contribution in [0.2, 0.25) is 9.88 Å². The van der Waals surface area contributed by atoms with E-state index in [-0.39, 0.29) is 21.1 Å². The molecule has 8 heavy (non-hydrogen) atoms. The van der Waals surface area contributed by atoms with Crippen molar-refractivity contribution in [2.24, 2.45) is 0 Å².